The summed E-state index contributed by atoms with van der Waals surface area (Å²) in [4.78, 5) is 11.9. The normalized spacial score (nSPS) is 11.4. The molecule has 0 atom stereocenters. The molecule has 1 rings (SSSR count). The fraction of sp³-hybridized carbons (Fsp3) is 0.500. The van der Waals surface area contributed by atoms with E-state index in [1.54, 1.807) is 12.1 Å². The van der Waals surface area contributed by atoms with Crippen LogP contribution in [0.25, 0.3) is 0 Å². The molecule has 3 N–H and O–H groups in total. The molecule has 5 heteroatoms. The lowest BCUT2D eigenvalue weighted by atomic mass is 9.88. The number of carbonyl (C=O) groups excluding carboxylic acids is 1. The van der Waals surface area contributed by atoms with Crippen LogP contribution in [-0.2, 0) is 11.2 Å². The molecule has 0 aliphatic rings. The zero-order valence-electron chi connectivity index (χ0n) is 11.3. The van der Waals surface area contributed by atoms with E-state index in [4.69, 9.17) is 5.73 Å². The van der Waals surface area contributed by atoms with Crippen LogP contribution < -0.4 is 11.1 Å². The van der Waals surface area contributed by atoms with Crippen molar-refractivity contribution < 1.29 is 9.18 Å². The molecule has 0 aliphatic carbocycles. The Labute approximate surface area is 121 Å². The molecule has 1 aromatic carbocycles. The van der Waals surface area contributed by atoms with Crippen molar-refractivity contribution in [2.75, 3.05) is 13.1 Å². The maximum Gasteiger partial charge on any atom is 0.225 e. The average Bonchev–Trinajstić information content (AvgIpc) is 2.33. The van der Waals surface area contributed by atoms with Gasteiger partial charge in [-0.1, -0.05) is 29.8 Å². The highest BCUT2D eigenvalue weighted by atomic mass is 79.9. The molecular weight excluding hydrogens is 311 g/mol. The topological polar surface area (TPSA) is 55.1 Å². The number of hydrogen-bond donors (Lipinski definition) is 2. The third-order valence-corrected chi connectivity index (χ3v) is 3.56. The predicted octanol–water partition coefficient (Wildman–Crippen LogP) is 2.62. The van der Waals surface area contributed by atoms with E-state index in [2.05, 4.69) is 21.2 Å². The number of benzene rings is 1. The standard InChI is InChI=1S/C14H20BrFN2O/c1-14(2,6-7-17)13(19)18-8-5-10-9-11(15)3-4-12(10)16/h3-4,9H,5-8,17H2,1-2H3,(H,18,19). The van der Waals surface area contributed by atoms with Gasteiger partial charge in [-0.05, 0) is 43.1 Å². The number of rotatable bonds is 6. The van der Waals surface area contributed by atoms with Crippen molar-refractivity contribution >= 4 is 21.8 Å². The minimum atomic E-state index is -0.482. The first kappa shape index (κ1) is 16.1. The Balaban J connectivity index is 2.50. The lowest BCUT2D eigenvalue weighted by Crippen LogP contribution is -2.39. The summed E-state index contributed by atoms with van der Waals surface area (Å²) in [6.07, 6.45) is 1.10. The third kappa shape index (κ3) is 4.91. The number of nitrogens with one attached hydrogen (secondary N) is 1. The van der Waals surface area contributed by atoms with Crippen LogP contribution >= 0.6 is 15.9 Å². The van der Waals surface area contributed by atoms with Crippen molar-refractivity contribution in [1.29, 1.82) is 0 Å². The van der Waals surface area contributed by atoms with E-state index in [1.807, 2.05) is 13.8 Å². The van der Waals surface area contributed by atoms with Crippen molar-refractivity contribution in [1.82, 2.24) is 5.32 Å². The van der Waals surface area contributed by atoms with Crippen LogP contribution in [0.15, 0.2) is 22.7 Å². The van der Waals surface area contributed by atoms with Gasteiger partial charge in [0.1, 0.15) is 5.82 Å². The van der Waals surface area contributed by atoms with Gasteiger partial charge in [0.25, 0.3) is 0 Å². The minimum Gasteiger partial charge on any atom is -0.355 e. The molecule has 0 saturated heterocycles. The Bertz CT molecular complexity index is 449. The van der Waals surface area contributed by atoms with Crippen molar-refractivity contribution in [2.45, 2.75) is 26.7 Å². The third-order valence-electron chi connectivity index (χ3n) is 3.07. The van der Waals surface area contributed by atoms with Crippen LogP contribution in [0, 0.1) is 11.2 Å². The Hall–Kier alpha value is -0.940. The lowest BCUT2D eigenvalue weighted by molar-refractivity contribution is -0.129. The monoisotopic (exact) mass is 330 g/mol. The minimum absolute atomic E-state index is 0.0478. The molecular formula is C14H20BrFN2O. The summed E-state index contributed by atoms with van der Waals surface area (Å²) in [5.41, 5.74) is 5.58. The highest BCUT2D eigenvalue weighted by Crippen LogP contribution is 2.19. The molecule has 0 aliphatic heterocycles. The van der Waals surface area contributed by atoms with E-state index in [0.29, 0.717) is 31.5 Å². The average molecular weight is 331 g/mol. The fourth-order valence-corrected chi connectivity index (χ4v) is 2.17. The summed E-state index contributed by atoms with van der Waals surface area (Å²) in [6.45, 7) is 4.60. The SMILES string of the molecule is CC(C)(CCN)C(=O)NCCc1cc(Br)ccc1F. The zero-order valence-corrected chi connectivity index (χ0v) is 12.9. The summed E-state index contributed by atoms with van der Waals surface area (Å²) < 4.78 is 14.3. The molecule has 1 amide bonds. The van der Waals surface area contributed by atoms with Gasteiger partial charge in [-0.25, -0.2) is 4.39 Å². The summed E-state index contributed by atoms with van der Waals surface area (Å²) in [7, 11) is 0. The molecule has 0 radical (unpaired) electrons. The van der Waals surface area contributed by atoms with Crippen molar-refractivity contribution in [2.24, 2.45) is 11.1 Å². The summed E-state index contributed by atoms with van der Waals surface area (Å²) in [5, 5.41) is 2.83. The van der Waals surface area contributed by atoms with E-state index < -0.39 is 5.41 Å². The molecule has 19 heavy (non-hydrogen) atoms. The van der Waals surface area contributed by atoms with Crippen LogP contribution in [0.2, 0.25) is 0 Å². The number of carbonyl (C=O) groups is 1. The molecule has 0 spiro atoms. The molecule has 0 aromatic heterocycles. The van der Waals surface area contributed by atoms with Gasteiger partial charge >= 0.3 is 0 Å². The second-order valence-corrected chi connectivity index (χ2v) is 6.08. The first-order chi connectivity index (χ1) is 8.86. The van der Waals surface area contributed by atoms with Gasteiger partial charge in [0, 0.05) is 16.4 Å². The van der Waals surface area contributed by atoms with Gasteiger partial charge in [0.05, 0.1) is 0 Å². The largest absolute Gasteiger partial charge is 0.355 e. The highest BCUT2D eigenvalue weighted by molar-refractivity contribution is 9.10. The van der Waals surface area contributed by atoms with Gasteiger partial charge in [0.15, 0.2) is 0 Å². The Morgan fingerprint density at radius 1 is 1.47 bits per heavy atom. The van der Waals surface area contributed by atoms with E-state index in [0.717, 1.165) is 4.47 Å². The first-order valence-electron chi connectivity index (χ1n) is 6.29. The van der Waals surface area contributed by atoms with E-state index in [1.165, 1.54) is 6.07 Å². The smallest absolute Gasteiger partial charge is 0.225 e. The maximum absolute atomic E-state index is 13.5. The molecule has 1 aromatic rings. The van der Waals surface area contributed by atoms with Crippen LogP contribution in [0.4, 0.5) is 4.39 Å². The lowest BCUT2D eigenvalue weighted by Gasteiger charge is -2.22. The molecule has 0 fully saturated rings. The summed E-state index contributed by atoms with van der Waals surface area (Å²) >= 11 is 3.30. The molecule has 0 unspecified atom stereocenters. The van der Waals surface area contributed by atoms with E-state index in [9.17, 15) is 9.18 Å². The van der Waals surface area contributed by atoms with Gasteiger partial charge in [-0.2, -0.15) is 0 Å². The summed E-state index contributed by atoms with van der Waals surface area (Å²) in [5.74, 6) is -0.299. The van der Waals surface area contributed by atoms with Crippen molar-refractivity contribution in [3.8, 4) is 0 Å². The number of nitrogens with two attached hydrogens (primary N) is 1. The van der Waals surface area contributed by atoms with Crippen LogP contribution in [0.3, 0.4) is 0 Å². The van der Waals surface area contributed by atoms with E-state index >= 15 is 0 Å². The second kappa shape index (κ2) is 7.01. The van der Waals surface area contributed by atoms with Gasteiger partial charge in [-0.15, -0.1) is 0 Å². The summed E-state index contributed by atoms with van der Waals surface area (Å²) in [6, 6.07) is 4.80. The number of halogens is 2. The van der Waals surface area contributed by atoms with Crippen molar-refractivity contribution in [3.63, 3.8) is 0 Å². The molecule has 3 nitrogen and oxygen atoms in total. The Morgan fingerprint density at radius 3 is 2.79 bits per heavy atom. The predicted molar refractivity (Wildman–Crippen MR) is 78.3 cm³/mol. The quantitative estimate of drug-likeness (QED) is 0.842. The van der Waals surface area contributed by atoms with Gasteiger partial charge in [-0.3, -0.25) is 4.79 Å². The number of amides is 1. The van der Waals surface area contributed by atoms with Crippen molar-refractivity contribution in [3.05, 3.63) is 34.1 Å². The van der Waals surface area contributed by atoms with Crippen LogP contribution in [0.5, 0.6) is 0 Å². The van der Waals surface area contributed by atoms with Gasteiger partial charge in [0.2, 0.25) is 5.91 Å². The zero-order chi connectivity index (χ0) is 14.5. The molecule has 0 heterocycles. The molecule has 106 valence electrons. The van der Waals surface area contributed by atoms with Crippen LogP contribution in [-0.4, -0.2) is 19.0 Å². The first-order valence-corrected chi connectivity index (χ1v) is 7.08. The highest BCUT2D eigenvalue weighted by Gasteiger charge is 2.25. The second-order valence-electron chi connectivity index (χ2n) is 5.16. The fourth-order valence-electron chi connectivity index (χ4n) is 1.76. The number of hydrogen-bond acceptors (Lipinski definition) is 2. The van der Waals surface area contributed by atoms with Gasteiger partial charge < -0.3 is 11.1 Å². The Morgan fingerprint density at radius 2 is 2.16 bits per heavy atom. The molecule has 0 bridgehead atoms. The van der Waals surface area contributed by atoms with E-state index in [-0.39, 0.29) is 11.7 Å². The van der Waals surface area contributed by atoms with Crippen LogP contribution in [0.1, 0.15) is 25.8 Å². The molecule has 0 saturated carbocycles. The Kier molecular flexibility index (Phi) is 5.94. The maximum atomic E-state index is 13.5.